The summed E-state index contributed by atoms with van der Waals surface area (Å²) in [6.07, 6.45) is 3.45. The molecule has 1 rings (SSSR count). The van der Waals surface area contributed by atoms with Gasteiger partial charge in [-0.2, -0.15) is 0 Å². The topological polar surface area (TPSA) is 46.5 Å². The third-order valence-electron chi connectivity index (χ3n) is 3.14. The van der Waals surface area contributed by atoms with E-state index in [0.29, 0.717) is 6.61 Å². The van der Waals surface area contributed by atoms with Crippen LogP contribution >= 0.6 is 0 Å². The number of carboxylic acids is 1. The Hall–Kier alpha value is -1.77. The van der Waals surface area contributed by atoms with Crippen molar-refractivity contribution in [1.29, 1.82) is 0 Å². The standard InChI is InChI=1S/C16H22O3/c1-5-6-7-19-15(16(17)18)10-14-9-12(3)11(2)8-13(14)4/h8-10H,5-7H2,1-4H3,(H,17,18). The molecule has 3 nitrogen and oxygen atoms in total. The maximum absolute atomic E-state index is 11.2. The van der Waals surface area contributed by atoms with E-state index in [-0.39, 0.29) is 5.76 Å². The molecule has 3 heteroatoms. The summed E-state index contributed by atoms with van der Waals surface area (Å²) in [5.74, 6) is -1.01. The van der Waals surface area contributed by atoms with E-state index >= 15 is 0 Å². The van der Waals surface area contributed by atoms with Gasteiger partial charge in [0, 0.05) is 0 Å². The van der Waals surface area contributed by atoms with Crippen LogP contribution in [0.5, 0.6) is 0 Å². The molecule has 0 aliphatic carbocycles. The molecule has 104 valence electrons. The minimum absolute atomic E-state index is 0.0137. The molecule has 1 N–H and O–H groups in total. The van der Waals surface area contributed by atoms with Crippen molar-refractivity contribution in [2.75, 3.05) is 6.61 Å². The fourth-order valence-electron chi connectivity index (χ4n) is 1.77. The molecule has 0 aliphatic heterocycles. The van der Waals surface area contributed by atoms with E-state index in [1.165, 1.54) is 5.56 Å². The van der Waals surface area contributed by atoms with Gasteiger partial charge in [0.2, 0.25) is 5.76 Å². The normalized spacial score (nSPS) is 11.5. The third kappa shape index (κ3) is 4.43. The lowest BCUT2D eigenvalue weighted by Crippen LogP contribution is -2.06. The van der Waals surface area contributed by atoms with Gasteiger partial charge in [-0.15, -0.1) is 0 Å². The van der Waals surface area contributed by atoms with Crippen molar-refractivity contribution in [3.8, 4) is 0 Å². The monoisotopic (exact) mass is 262 g/mol. The van der Waals surface area contributed by atoms with Crippen molar-refractivity contribution >= 4 is 12.0 Å². The van der Waals surface area contributed by atoms with Crippen molar-refractivity contribution in [1.82, 2.24) is 0 Å². The summed E-state index contributed by atoms with van der Waals surface area (Å²) in [6, 6.07) is 4.06. The molecule has 19 heavy (non-hydrogen) atoms. The van der Waals surface area contributed by atoms with Crippen LogP contribution in [0.2, 0.25) is 0 Å². The average Bonchev–Trinajstić information content (AvgIpc) is 2.34. The molecular weight excluding hydrogens is 240 g/mol. The summed E-state index contributed by atoms with van der Waals surface area (Å²) in [6.45, 7) is 8.53. The summed E-state index contributed by atoms with van der Waals surface area (Å²) >= 11 is 0. The zero-order chi connectivity index (χ0) is 14.4. The zero-order valence-corrected chi connectivity index (χ0v) is 12.1. The minimum Gasteiger partial charge on any atom is -0.487 e. The van der Waals surface area contributed by atoms with Crippen LogP contribution in [-0.2, 0) is 9.53 Å². The van der Waals surface area contributed by atoms with Gasteiger partial charge in [-0.05, 0) is 55.5 Å². The van der Waals surface area contributed by atoms with Crippen LogP contribution in [0.25, 0.3) is 6.08 Å². The molecule has 0 radical (unpaired) electrons. The van der Waals surface area contributed by atoms with Gasteiger partial charge in [0.15, 0.2) is 0 Å². The second-order valence-corrected chi connectivity index (χ2v) is 4.81. The van der Waals surface area contributed by atoms with E-state index in [1.54, 1.807) is 6.08 Å². The van der Waals surface area contributed by atoms with Crippen molar-refractivity contribution in [3.63, 3.8) is 0 Å². The number of carbonyl (C=O) groups is 1. The van der Waals surface area contributed by atoms with Crippen molar-refractivity contribution in [2.24, 2.45) is 0 Å². The maximum Gasteiger partial charge on any atom is 0.371 e. The van der Waals surface area contributed by atoms with Crippen LogP contribution in [-0.4, -0.2) is 17.7 Å². The first-order valence-electron chi connectivity index (χ1n) is 6.61. The number of hydrogen-bond donors (Lipinski definition) is 1. The van der Waals surface area contributed by atoms with E-state index in [2.05, 4.69) is 6.07 Å². The van der Waals surface area contributed by atoms with Gasteiger partial charge in [0.1, 0.15) is 0 Å². The number of hydrogen-bond acceptors (Lipinski definition) is 2. The number of carboxylic acid groups (broad SMARTS) is 1. The Morgan fingerprint density at radius 1 is 1.21 bits per heavy atom. The third-order valence-corrected chi connectivity index (χ3v) is 3.14. The second-order valence-electron chi connectivity index (χ2n) is 4.81. The fraction of sp³-hybridized carbons (Fsp3) is 0.438. The van der Waals surface area contributed by atoms with Crippen molar-refractivity contribution in [3.05, 3.63) is 40.1 Å². The van der Waals surface area contributed by atoms with E-state index in [0.717, 1.165) is 29.5 Å². The molecule has 0 aromatic heterocycles. The highest BCUT2D eigenvalue weighted by Crippen LogP contribution is 2.18. The molecule has 1 aromatic carbocycles. The Bertz CT molecular complexity index is 487. The Kier molecular flexibility index (Phi) is 5.61. The Morgan fingerprint density at radius 3 is 2.42 bits per heavy atom. The Morgan fingerprint density at radius 2 is 1.84 bits per heavy atom. The van der Waals surface area contributed by atoms with E-state index < -0.39 is 5.97 Å². The predicted molar refractivity (Wildman–Crippen MR) is 77.1 cm³/mol. The molecule has 0 unspecified atom stereocenters. The first-order valence-corrected chi connectivity index (χ1v) is 6.61. The van der Waals surface area contributed by atoms with Crippen LogP contribution in [0.3, 0.4) is 0 Å². The number of aliphatic carboxylic acids is 1. The van der Waals surface area contributed by atoms with E-state index in [4.69, 9.17) is 9.84 Å². The maximum atomic E-state index is 11.2. The summed E-state index contributed by atoms with van der Waals surface area (Å²) in [7, 11) is 0. The lowest BCUT2D eigenvalue weighted by Gasteiger charge is -2.09. The van der Waals surface area contributed by atoms with Gasteiger partial charge in [-0.1, -0.05) is 25.5 Å². The largest absolute Gasteiger partial charge is 0.487 e. The van der Waals surface area contributed by atoms with Crippen LogP contribution in [0.1, 0.15) is 42.0 Å². The van der Waals surface area contributed by atoms with Crippen LogP contribution in [0.15, 0.2) is 17.9 Å². The highest BCUT2D eigenvalue weighted by atomic mass is 16.5. The Balaban J connectivity index is 3.01. The number of ether oxygens (including phenoxy) is 1. The van der Waals surface area contributed by atoms with Gasteiger partial charge < -0.3 is 9.84 Å². The second kappa shape index (κ2) is 6.98. The summed E-state index contributed by atoms with van der Waals surface area (Å²) in [5.41, 5.74) is 4.31. The number of benzene rings is 1. The molecule has 0 fully saturated rings. The lowest BCUT2D eigenvalue weighted by molar-refractivity contribution is -0.136. The lowest BCUT2D eigenvalue weighted by atomic mass is 10.0. The molecule has 0 aliphatic rings. The molecular formula is C16H22O3. The quantitative estimate of drug-likeness (QED) is 0.481. The summed E-state index contributed by atoms with van der Waals surface area (Å²) in [5, 5.41) is 9.16. The first kappa shape index (κ1) is 15.3. The SMILES string of the molecule is CCCCOC(=Cc1cc(C)c(C)cc1C)C(=O)O. The summed E-state index contributed by atoms with van der Waals surface area (Å²) < 4.78 is 5.33. The fourth-order valence-corrected chi connectivity index (χ4v) is 1.77. The van der Waals surface area contributed by atoms with Gasteiger partial charge >= 0.3 is 5.97 Å². The molecule has 0 bridgehead atoms. The number of aryl methyl sites for hydroxylation is 3. The Labute approximate surface area is 114 Å². The van der Waals surface area contributed by atoms with Crippen molar-refractivity contribution < 1.29 is 14.6 Å². The molecule has 0 saturated heterocycles. The number of rotatable bonds is 6. The van der Waals surface area contributed by atoms with Gasteiger partial charge in [-0.3, -0.25) is 0 Å². The van der Waals surface area contributed by atoms with Crippen LogP contribution in [0, 0.1) is 20.8 Å². The van der Waals surface area contributed by atoms with Gasteiger partial charge in [-0.25, -0.2) is 4.79 Å². The highest BCUT2D eigenvalue weighted by molar-refractivity contribution is 5.90. The molecule has 0 heterocycles. The smallest absolute Gasteiger partial charge is 0.371 e. The van der Waals surface area contributed by atoms with Crippen LogP contribution in [0.4, 0.5) is 0 Å². The molecule has 0 atom stereocenters. The molecule has 0 saturated carbocycles. The van der Waals surface area contributed by atoms with E-state index in [1.807, 2.05) is 33.8 Å². The van der Waals surface area contributed by atoms with Gasteiger partial charge in [0.25, 0.3) is 0 Å². The van der Waals surface area contributed by atoms with Crippen LogP contribution < -0.4 is 0 Å². The van der Waals surface area contributed by atoms with E-state index in [9.17, 15) is 4.79 Å². The molecule has 0 amide bonds. The average molecular weight is 262 g/mol. The minimum atomic E-state index is -1.02. The van der Waals surface area contributed by atoms with Gasteiger partial charge in [0.05, 0.1) is 6.61 Å². The zero-order valence-electron chi connectivity index (χ0n) is 12.1. The first-order chi connectivity index (χ1) is 8.95. The molecule has 1 aromatic rings. The summed E-state index contributed by atoms with van der Waals surface area (Å²) in [4.78, 5) is 11.2. The molecule has 0 spiro atoms. The van der Waals surface area contributed by atoms with Crippen molar-refractivity contribution in [2.45, 2.75) is 40.5 Å². The predicted octanol–water partition coefficient (Wildman–Crippen LogP) is 3.85. The highest BCUT2D eigenvalue weighted by Gasteiger charge is 2.10. The number of unbranched alkanes of at least 4 members (excludes halogenated alkanes) is 1.